The van der Waals surface area contributed by atoms with Crippen LogP contribution >= 0.6 is 10.8 Å². The van der Waals surface area contributed by atoms with Crippen molar-refractivity contribution in [2.45, 2.75) is 13.3 Å². The number of ether oxygens (including phenoxy) is 3. The van der Waals surface area contributed by atoms with Gasteiger partial charge in [-0.15, -0.1) is 10.8 Å². The normalized spacial score (nSPS) is 16.9. The predicted molar refractivity (Wildman–Crippen MR) is 99.9 cm³/mol. The zero-order valence-corrected chi connectivity index (χ0v) is 15.9. The fourth-order valence-corrected chi connectivity index (χ4v) is 4.40. The molecule has 1 aliphatic rings. The molecule has 0 radical (unpaired) electrons. The van der Waals surface area contributed by atoms with Gasteiger partial charge in [0.15, 0.2) is 5.76 Å². The van der Waals surface area contributed by atoms with Gasteiger partial charge in [-0.2, -0.15) is 0 Å². The molecular weight excluding hydrogens is 378 g/mol. The van der Waals surface area contributed by atoms with Crippen LogP contribution in [0.25, 0.3) is 11.3 Å². The first-order valence-electron chi connectivity index (χ1n) is 8.08. The molecule has 3 rings (SSSR count). The number of benzene rings is 1. The molecule has 0 spiro atoms. The fraction of sp³-hybridized carbons (Fsp3) is 0.353. The summed E-state index contributed by atoms with van der Waals surface area (Å²) >= 11 is 0. The summed E-state index contributed by atoms with van der Waals surface area (Å²) in [6.07, 6.45) is 0.518. The van der Waals surface area contributed by atoms with E-state index in [4.69, 9.17) is 18.6 Å². The van der Waals surface area contributed by atoms with Crippen molar-refractivity contribution in [1.29, 1.82) is 0 Å². The van der Waals surface area contributed by atoms with Gasteiger partial charge < -0.3 is 23.7 Å². The molecule has 1 aromatic heterocycles. The Morgan fingerprint density at radius 3 is 2.56 bits per heavy atom. The number of aromatic hydroxyl groups is 1. The highest BCUT2D eigenvalue weighted by atomic mass is 32.3. The molecule has 3 N–H and O–H groups in total. The van der Waals surface area contributed by atoms with E-state index in [1.165, 1.54) is 25.4 Å². The van der Waals surface area contributed by atoms with E-state index in [1.54, 1.807) is 18.2 Å². The van der Waals surface area contributed by atoms with Crippen molar-refractivity contribution >= 4 is 22.6 Å². The molecule has 1 aromatic carbocycles. The number of rotatable bonds is 5. The lowest BCUT2D eigenvalue weighted by Crippen LogP contribution is -2.22. The van der Waals surface area contributed by atoms with Crippen molar-refractivity contribution in [3.05, 3.63) is 18.2 Å². The molecule has 2 aromatic rings. The van der Waals surface area contributed by atoms with Gasteiger partial charge in [0.05, 0.1) is 25.5 Å². The van der Waals surface area contributed by atoms with Crippen molar-refractivity contribution in [2.24, 2.45) is 0 Å². The third-order valence-corrected chi connectivity index (χ3v) is 5.97. The van der Waals surface area contributed by atoms with Crippen LogP contribution in [0.3, 0.4) is 0 Å². The second kappa shape index (κ2) is 7.22. The second-order valence-electron chi connectivity index (χ2n) is 5.87. The molecule has 1 fully saturated rings. The predicted octanol–water partition coefficient (Wildman–Crippen LogP) is 3.47. The molecule has 9 nitrogen and oxygen atoms in total. The zero-order valence-electron chi connectivity index (χ0n) is 15.1. The zero-order chi connectivity index (χ0) is 19.8. The van der Waals surface area contributed by atoms with Crippen LogP contribution in [0.4, 0.5) is 5.88 Å². The van der Waals surface area contributed by atoms with Crippen molar-refractivity contribution in [3.8, 4) is 34.3 Å². The molecule has 0 aliphatic carbocycles. The first-order chi connectivity index (χ1) is 12.8. The van der Waals surface area contributed by atoms with Gasteiger partial charge >= 0.3 is 5.97 Å². The highest BCUT2D eigenvalue weighted by Crippen LogP contribution is 2.58. The van der Waals surface area contributed by atoms with Gasteiger partial charge in [-0.1, -0.05) is 0 Å². The Bertz CT molecular complexity index is 863. The number of hydrogen-bond acceptors (Lipinski definition) is 9. The summed E-state index contributed by atoms with van der Waals surface area (Å²) in [5.41, 5.74) is 0.381. The maximum absolute atomic E-state index is 11.5. The minimum atomic E-state index is -3.12. The van der Waals surface area contributed by atoms with Crippen LogP contribution in [0.1, 0.15) is 13.3 Å². The van der Waals surface area contributed by atoms with E-state index in [0.29, 0.717) is 23.5 Å². The smallest absolute Gasteiger partial charge is 0.308 e. The Morgan fingerprint density at radius 1 is 1.26 bits per heavy atom. The van der Waals surface area contributed by atoms with Crippen LogP contribution in [0, 0.1) is 0 Å². The van der Waals surface area contributed by atoms with E-state index >= 15 is 0 Å². The molecule has 2 heterocycles. The molecule has 0 atom stereocenters. The van der Waals surface area contributed by atoms with E-state index in [-0.39, 0.29) is 29.7 Å². The molecule has 0 saturated carbocycles. The number of methoxy groups -OCH3 is 2. The van der Waals surface area contributed by atoms with Gasteiger partial charge in [-0.05, 0) is 18.6 Å². The van der Waals surface area contributed by atoms with E-state index in [0.717, 1.165) is 0 Å². The van der Waals surface area contributed by atoms with E-state index in [1.807, 2.05) is 0 Å². The summed E-state index contributed by atoms with van der Waals surface area (Å²) in [5, 5.41) is 10.7. The molecule has 27 heavy (non-hydrogen) atoms. The Hall–Kier alpha value is -2.56. The lowest BCUT2D eigenvalue weighted by molar-refractivity contribution is -0.132. The van der Waals surface area contributed by atoms with Gasteiger partial charge in [-0.25, -0.2) is 4.31 Å². The van der Waals surface area contributed by atoms with Crippen molar-refractivity contribution in [3.63, 3.8) is 0 Å². The average molecular weight is 399 g/mol. The molecular formula is C17H21NO8S. The van der Waals surface area contributed by atoms with Crippen LogP contribution in [-0.2, 0) is 4.79 Å². The molecule has 1 aliphatic heterocycles. The molecule has 0 bridgehead atoms. The summed E-state index contributed by atoms with van der Waals surface area (Å²) < 4.78 is 43.0. The van der Waals surface area contributed by atoms with Gasteiger partial charge in [-0.3, -0.25) is 13.9 Å². The molecule has 10 heteroatoms. The van der Waals surface area contributed by atoms with Crippen molar-refractivity contribution in [2.75, 3.05) is 30.8 Å². The van der Waals surface area contributed by atoms with Crippen LogP contribution in [0.2, 0.25) is 0 Å². The van der Waals surface area contributed by atoms with Gasteiger partial charge in [0.2, 0.25) is 11.5 Å². The van der Waals surface area contributed by atoms with Crippen LogP contribution in [0.5, 0.6) is 23.0 Å². The first-order valence-corrected chi connectivity index (χ1v) is 9.76. The Morgan fingerprint density at radius 2 is 2.00 bits per heavy atom. The van der Waals surface area contributed by atoms with Gasteiger partial charge in [0.25, 0.3) is 5.88 Å². The summed E-state index contributed by atoms with van der Waals surface area (Å²) in [7, 11) is -0.169. The first kappa shape index (κ1) is 19.2. The standard InChI is InChI=1S/C17H21NO8S/c1-10(19)25-16-14(20)15(12-6-5-11(23-2)9-13(12)24-3)26-17(16)18-7-4-8-27(18,21)22/h5-6,9,20-22H,4,7-8H2,1-3H3. The molecule has 148 valence electrons. The quantitative estimate of drug-likeness (QED) is 0.649. The minimum Gasteiger partial charge on any atom is -0.502 e. The highest BCUT2D eigenvalue weighted by molar-refractivity contribution is 8.25. The average Bonchev–Trinajstić information content (AvgIpc) is 3.13. The van der Waals surface area contributed by atoms with E-state index in [9.17, 15) is 19.0 Å². The number of furan rings is 1. The summed E-state index contributed by atoms with van der Waals surface area (Å²) in [4.78, 5) is 11.5. The minimum absolute atomic E-state index is 0.0251. The maximum atomic E-state index is 11.5. The van der Waals surface area contributed by atoms with Crippen LogP contribution < -0.4 is 18.5 Å². The SMILES string of the molecule is COc1ccc(-c2oc(N3CCCS3(O)O)c(OC(C)=O)c2O)c(OC)c1. The Labute approximate surface area is 157 Å². The van der Waals surface area contributed by atoms with Gasteiger partial charge in [0.1, 0.15) is 11.5 Å². The van der Waals surface area contributed by atoms with Crippen LogP contribution in [-0.4, -0.2) is 46.7 Å². The third kappa shape index (κ3) is 3.51. The van der Waals surface area contributed by atoms with Crippen molar-refractivity contribution < 1.29 is 37.6 Å². The highest BCUT2D eigenvalue weighted by Gasteiger charge is 2.37. The molecule has 1 saturated heterocycles. The lowest BCUT2D eigenvalue weighted by Gasteiger charge is -2.36. The Kier molecular flexibility index (Phi) is 5.13. The van der Waals surface area contributed by atoms with Gasteiger partial charge in [0, 0.05) is 19.5 Å². The topological polar surface area (TPSA) is 122 Å². The number of nitrogens with zero attached hydrogens (tertiary/aromatic N) is 1. The van der Waals surface area contributed by atoms with E-state index < -0.39 is 22.5 Å². The monoisotopic (exact) mass is 399 g/mol. The number of carbonyl (C=O) groups excluding carboxylic acids is 1. The van der Waals surface area contributed by atoms with Crippen LogP contribution in [0.15, 0.2) is 22.6 Å². The van der Waals surface area contributed by atoms with E-state index in [2.05, 4.69) is 0 Å². The van der Waals surface area contributed by atoms with Crippen molar-refractivity contribution in [1.82, 2.24) is 0 Å². The summed E-state index contributed by atoms with van der Waals surface area (Å²) in [5.74, 6) is -0.479. The lowest BCUT2D eigenvalue weighted by atomic mass is 10.1. The third-order valence-electron chi connectivity index (χ3n) is 4.08. The summed E-state index contributed by atoms with van der Waals surface area (Å²) in [6, 6.07) is 4.86. The number of carbonyl (C=O) groups is 1. The fourth-order valence-electron chi connectivity index (χ4n) is 2.86. The maximum Gasteiger partial charge on any atom is 0.308 e. The second-order valence-corrected chi connectivity index (χ2v) is 7.98. The number of anilines is 1. The summed E-state index contributed by atoms with van der Waals surface area (Å²) in [6.45, 7) is 1.45. The Balaban J connectivity index is 2.16. The number of esters is 1. The molecule has 0 amide bonds. The number of hydrogen-bond donors (Lipinski definition) is 3. The molecule has 0 unspecified atom stereocenters. The largest absolute Gasteiger partial charge is 0.502 e.